The Bertz CT molecular complexity index is 231. The van der Waals surface area contributed by atoms with Crippen LogP contribution in [-0.2, 0) is 19.0 Å². The van der Waals surface area contributed by atoms with Gasteiger partial charge in [0.05, 0.1) is 5.97 Å². The van der Waals surface area contributed by atoms with Crippen LogP contribution >= 0.6 is 0 Å². The van der Waals surface area contributed by atoms with E-state index in [-0.39, 0.29) is 0 Å². The predicted molar refractivity (Wildman–Crippen MR) is 43.5 cm³/mol. The number of carboxylic acids is 1. The van der Waals surface area contributed by atoms with Crippen LogP contribution < -0.4 is 5.11 Å². The van der Waals surface area contributed by atoms with E-state index in [2.05, 4.69) is 4.74 Å². The highest BCUT2D eigenvalue weighted by Crippen LogP contribution is 2.23. The Hall–Kier alpha value is -0.730. The number of carboxylic acid groups (broad SMARTS) is 1. The van der Waals surface area contributed by atoms with Crippen LogP contribution in [0.5, 0.6) is 0 Å². The summed E-state index contributed by atoms with van der Waals surface area (Å²) >= 11 is 0. The quantitative estimate of drug-likeness (QED) is 0.518. The topological polar surface area (TPSA) is 108 Å². The molecule has 0 bridgehead atoms. The Labute approximate surface area is 86.2 Å². The van der Waals surface area contributed by atoms with Crippen molar-refractivity contribution in [1.82, 2.24) is 0 Å². The van der Waals surface area contributed by atoms with Gasteiger partial charge < -0.3 is 34.3 Å². The molecule has 0 amide bonds. The Morgan fingerprint density at radius 3 is 2.27 bits per heavy atom. The molecular formula is C8H13O7-. The van der Waals surface area contributed by atoms with Crippen molar-refractivity contribution in [3.8, 4) is 0 Å². The lowest BCUT2D eigenvalue weighted by Gasteiger charge is -2.41. The van der Waals surface area contributed by atoms with E-state index in [1.807, 2.05) is 0 Å². The van der Waals surface area contributed by atoms with E-state index < -0.39 is 36.7 Å². The molecule has 1 aliphatic heterocycles. The maximum atomic E-state index is 10.7. The third kappa shape index (κ3) is 2.27. The molecule has 0 spiro atoms. The summed E-state index contributed by atoms with van der Waals surface area (Å²) < 4.78 is 14.3. The molecule has 0 aliphatic carbocycles. The zero-order valence-electron chi connectivity index (χ0n) is 8.32. The summed E-state index contributed by atoms with van der Waals surface area (Å²) in [5, 5.41) is 29.7. The van der Waals surface area contributed by atoms with Crippen molar-refractivity contribution >= 4 is 5.97 Å². The lowest BCUT2D eigenvalue weighted by atomic mass is 9.99. The van der Waals surface area contributed by atoms with Crippen molar-refractivity contribution in [3.05, 3.63) is 0 Å². The average Bonchev–Trinajstić information content (AvgIpc) is 2.21. The van der Waals surface area contributed by atoms with Crippen molar-refractivity contribution in [2.24, 2.45) is 0 Å². The summed E-state index contributed by atoms with van der Waals surface area (Å²) in [6, 6.07) is 0. The summed E-state index contributed by atoms with van der Waals surface area (Å²) in [6.07, 6.45) is -6.64. The first kappa shape index (κ1) is 12.3. The zero-order chi connectivity index (χ0) is 11.6. The van der Waals surface area contributed by atoms with E-state index in [0.717, 1.165) is 0 Å². The van der Waals surface area contributed by atoms with Crippen molar-refractivity contribution in [2.75, 3.05) is 14.2 Å². The molecule has 1 rings (SSSR count). The van der Waals surface area contributed by atoms with Crippen LogP contribution in [0.2, 0.25) is 0 Å². The number of aliphatic carboxylic acids is 1. The van der Waals surface area contributed by atoms with Crippen LogP contribution in [0.25, 0.3) is 0 Å². The summed E-state index contributed by atoms with van der Waals surface area (Å²) in [5.74, 6) is -1.53. The molecule has 0 saturated carbocycles. The van der Waals surface area contributed by atoms with E-state index in [1.54, 1.807) is 0 Å². The van der Waals surface area contributed by atoms with Crippen molar-refractivity contribution in [3.63, 3.8) is 0 Å². The molecule has 88 valence electrons. The SMILES string of the molecule is CO[C@@H]1OC(C(=O)[O-])[C@@H](OC)[C@@H](O)C1O. The van der Waals surface area contributed by atoms with E-state index >= 15 is 0 Å². The minimum Gasteiger partial charge on any atom is -0.547 e. The number of ether oxygens (including phenoxy) is 3. The Balaban J connectivity index is 2.84. The van der Waals surface area contributed by atoms with Crippen LogP contribution in [0, 0.1) is 0 Å². The highest BCUT2D eigenvalue weighted by atomic mass is 16.7. The van der Waals surface area contributed by atoms with Gasteiger partial charge in [0.2, 0.25) is 0 Å². The van der Waals surface area contributed by atoms with Crippen LogP contribution in [0.3, 0.4) is 0 Å². The average molecular weight is 221 g/mol. The van der Waals surface area contributed by atoms with Gasteiger partial charge in [0.25, 0.3) is 0 Å². The van der Waals surface area contributed by atoms with Crippen molar-refractivity contribution < 1.29 is 34.3 Å². The predicted octanol–water partition coefficient (Wildman–Crippen LogP) is -3.16. The molecule has 15 heavy (non-hydrogen) atoms. The maximum absolute atomic E-state index is 10.7. The van der Waals surface area contributed by atoms with Gasteiger partial charge in [0.1, 0.15) is 24.4 Å². The second-order valence-corrected chi connectivity index (χ2v) is 3.16. The fraction of sp³-hybridized carbons (Fsp3) is 0.875. The molecule has 5 atom stereocenters. The molecular weight excluding hydrogens is 208 g/mol. The molecule has 0 aromatic rings. The fourth-order valence-corrected chi connectivity index (χ4v) is 1.48. The Kier molecular flexibility index (Phi) is 4.00. The number of hydrogen-bond acceptors (Lipinski definition) is 7. The largest absolute Gasteiger partial charge is 0.547 e. The molecule has 1 aliphatic rings. The van der Waals surface area contributed by atoms with E-state index in [9.17, 15) is 20.1 Å². The monoisotopic (exact) mass is 221 g/mol. The van der Waals surface area contributed by atoms with Crippen LogP contribution in [0.4, 0.5) is 0 Å². The molecule has 1 fully saturated rings. The van der Waals surface area contributed by atoms with E-state index in [0.29, 0.717) is 0 Å². The molecule has 1 saturated heterocycles. The number of carbonyl (C=O) groups excluding carboxylic acids is 1. The highest BCUT2D eigenvalue weighted by Gasteiger charge is 2.45. The smallest absolute Gasteiger partial charge is 0.186 e. The number of methoxy groups -OCH3 is 2. The number of rotatable bonds is 3. The fourth-order valence-electron chi connectivity index (χ4n) is 1.48. The lowest BCUT2D eigenvalue weighted by molar-refractivity contribution is -0.348. The molecule has 2 unspecified atom stereocenters. The molecule has 7 heteroatoms. The number of carbonyl (C=O) groups is 1. The molecule has 1 heterocycles. The highest BCUT2D eigenvalue weighted by molar-refractivity contribution is 5.71. The van der Waals surface area contributed by atoms with Crippen LogP contribution in [0.15, 0.2) is 0 Å². The first-order valence-electron chi connectivity index (χ1n) is 4.31. The van der Waals surface area contributed by atoms with Gasteiger partial charge in [-0.3, -0.25) is 0 Å². The summed E-state index contributed by atoms with van der Waals surface area (Å²) in [4.78, 5) is 10.7. The minimum atomic E-state index is -1.53. The van der Waals surface area contributed by atoms with Crippen molar-refractivity contribution in [1.29, 1.82) is 0 Å². The molecule has 0 aromatic heterocycles. The molecule has 2 N–H and O–H groups in total. The second-order valence-electron chi connectivity index (χ2n) is 3.16. The second kappa shape index (κ2) is 4.86. The first-order valence-corrected chi connectivity index (χ1v) is 4.31. The van der Waals surface area contributed by atoms with E-state index in [1.165, 1.54) is 14.2 Å². The van der Waals surface area contributed by atoms with Gasteiger partial charge in [0, 0.05) is 14.2 Å². The third-order valence-electron chi connectivity index (χ3n) is 2.28. The van der Waals surface area contributed by atoms with Gasteiger partial charge in [-0.1, -0.05) is 0 Å². The third-order valence-corrected chi connectivity index (χ3v) is 2.28. The number of aliphatic hydroxyl groups excluding tert-OH is 2. The molecule has 7 nitrogen and oxygen atoms in total. The zero-order valence-corrected chi connectivity index (χ0v) is 8.32. The molecule has 0 aromatic carbocycles. The standard InChI is InChI=1S/C8H14O7/c1-13-5-3(9)4(10)8(14-2)15-6(5)7(11)12/h3-6,8-10H,1-2H3,(H,11,12)/p-1/t3-,4?,5-,6?,8+/m0/s1. The van der Waals surface area contributed by atoms with Gasteiger partial charge in [-0.15, -0.1) is 0 Å². The van der Waals surface area contributed by atoms with Gasteiger partial charge in [-0.05, 0) is 0 Å². The van der Waals surface area contributed by atoms with E-state index in [4.69, 9.17) is 9.47 Å². The Morgan fingerprint density at radius 2 is 1.87 bits per heavy atom. The summed E-state index contributed by atoms with van der Waals surface area (Å²) in [6.45, 7) is 0. The van der Waals surface area contributed by atoms with Gasteiger partial charge in [-0.25, -0.2) is 0 Å². The van der Waals surface area contributed by atoms with Gasteiger partial charge in [-0.2, -0.15) is 0 Å². The minimum absolute atomic E-state index is 1.18. The lowest BCUT2D eigenvalue weighted by Crippen LogP contribution is -2.63. The van der Waals surface area contributed by atoms with Gasteiger partial charge in [0.15, 0.2) is 6.29 Å². The van der Waals surface area contributed by atoms with Crippen LogP contribution in [0.1, 0.15) is 0 Å². The van der Waals surface area contributed by atoms with Crippen molar-refractivity contribution in [2.45, 2.75) is 30.7 Å². The van der Waals surface area contributed by atoms with Gasteiger partial charge >= 0.3 is 0 Å². The Morgan fingerprint density at radius 1 is 1.27 bits per heavy atom. The summed E-state index contributed by atoms with van der Waals surface area (Å²) in [5.41, 5.74) is 0. The number of aliphatic hydroxyl groups is 2. The number of hydrogen-bond donors (Lipinski definition) is 2. The summed E-state index contributed by atoms with van der Waals surface area (Å²) in [7, 11) is 2.42. The maximum Gasteiger partial charge on any atom is 0.186 e. The first-order chi connectivity index (χ1) is 7.02. The van der Waals surface area contributed by atoms with Crippen LogP contribution in [-0.4, -0.2) is 61.1 Å². The normalized spacial score (nSPS) is 41.5. The molecule has 0 radical (unpaired) electrons.